The van der Waals surface area contributed by atoms with Gasteiger partial charge in [-0.3, -0.25) is 4.68 Å². The molecule has 0 bridgehead atoms. The smallest absolute Gasteiger partial charge is 0.450 e. The normalized spacial score (nSPS) is 12.4. The molecule has 17 heavy (non-hydrogen) atoms. The second-order valence-electron chi connectivity index (χ2n) is 3.27. The highest BCUT2D eigenvalue weighted by Crippen LogP contribution is 2.18. The number of carbonyl (C=O) groups is 1. The molecule has 9 nitrogen and oxygen atoms in total. The molecule has 0 saturated heterocycles. The van der Waals surface area contributed by atoms with Gasteiger partial charge in [-0.1, -0.05) is 0 Å². The van der Waals surface area contributed by atoms with Gasteiger partial charge in [-0.25, -0.2) is 4.79 Å². The highest BCUT2D eigenvalue weighted by Gasteiger charge is 2.19. The van der Waals surface area contributed by atoms with Gasteiger partial charge in [-0.15, -0.1) is 5.10 Å². The molecule has 90 valence electrons. The largest absolute Gasteiger partial charge is 0.507 e. The van der Waals surface area contributed by atoms with Gasteiger partial charge in [-0.05, 0) is 23.4 Å². The van der Waals surface area contributed by atoms with Gasteiger partial charge < -0.3 is 9.84 Å². The molecule has 2 aromatic heterocycles. The Bertz CT molecular complexity index is 533. The molecule has 2 rings (SSSR count). The highest BCUT2D eigenvalue weighted by molar-refractivity contribution is 5.57. The Morgan fingerprint density at radius 3 is 2.94 bits per heavy atom. The molecular weight excluding hydrogens is 228 g/mol. The van der Waals surface area contributed by atoms with E-state index in [1.807, 2.05) is 0 Å². The fraction of sp³-hybridized carbons (Fsp3) is 0.375. The van der Waals surface area contributed by atoms with Crippen molar-refractivity contribution in [2.75, 3.05) is 0 Å². The minimum atomic E-state index is -1.39. The van der Waals surface area contributed by atoms with Crippen LogP contribution in [-0.4, -0.2) is 41.2 Å². The van der Waals surface area contributed by atoms with E-state index in [1.165, 1.54) is 11.6 Å². The van der Waals surface area contributed by atoms with E-state index < -0.39 is 12.4 Å². The predicted octanol–water partition coefficient (Wildman–Crippen LogP) is 0.287. The van der Waals surface area contributed by atoms with E-state index in [1.54, 1.807) is 24.0 Å². The SMILES string of the molecule is CC(OC(=O)O)n1nnnc1-c1ccnn1C. The molecule has 0 saturated carbocycles. The Hall–Kier alpha value is -2.45. The van der Waals surface area contributed by atoms with Crippen LogP contribution < -0.4 is 0 Å². The Labute approximate surface area is 95.6 Å². The van der Waals surface area contributed by atoms with Crippen molar-refractivity contribution in [2.24, 2.45) is 7.05 Å². The molecule has 0 fully saturated rings. The van der Waals surface area contributed by atoms with E-state index in [9.17, 15) is 4.79 Å². The van der Waals surface area contributed by atoms with E-state index in [4.69, 9.17) is 5.11 Å². The number of nitrogens with zero attached hydrogens (tertiary/aromatic N) is 6. The molecule has 1 N–H and O–H groups in total. The molecule has 0 aromatic carbocycles. The second kappa shape index (κ2) is 4.20. The molecule has 1 atom stereocenters. The van der Waals surface area contributed by atoms with Crippen LogP contribution in [0.3, 0.4) is 0 Å². The van der Waals surface area contributed by atoms with Crippen molar-refractivity contribution in [1.82, 2.24) is 30.0 Å². The van der Waals surface area contributed by atoms with Gasteiger partial charge in [-0.2, -0.15) is 9.78 Å². The third kappa shape index (κ3) is 2.07. The number of tetrazole rings is 1. The number of rotatable bonds is 3. The van der Waals surface area contributed by atoms with E-state index in [-0.39, 0.29) is 0 Å². The molecule has 0 spiro atoms. The Kier molecular flexibility index (Phi) is 2.73. The van der Waals surface area contributed by atoms with Crippen LogP contribution in [0.2, 0.25) is 0 Å². The van der Waals surface area contributed by atoms with Crippen molar-refractivity contribution in [3.63, 3.8) is 0 Å². The minimum absolute atomic E-state index is 0.388. The molecule has 2 heterocycles. The molecule has 0 aliphatic heterocycles. The van der Waals surface area contributed by atoms with Crippen molar-refractivity contribution < 1.29 is 14.6 Å². The summed E-state index contributed by atoms with van der Waals surface area (Å²) in [6.07, 6.45) is -0.604. The van der Waals surface area contributed by atoms with Crippen LogP contribution >= 0.6 is 0 Å². The standard InChI is InChI=1S/C8H10N6O3/c1-5(17-8(15)16)14-7(10-11-12-14)6-3-4-9-13(6)2/h3-5H,1-2H3,(H,15,16). The first kappa shape index (κ1) is 11.0. The average molecular weight is 238 g/mol. The number of carboxylic acid groups (broad SMARTS) is 1. The van der Waals surface area contributed by atoms with Gasteiger partial charge in [0.2, 0.25) is 5.82 Å². The first-order valence-corrected chi connectivity index (χ1v) is 4.75. The van der Waals surface area contributed by atoms with Gasteiger partial charge in [0.1, 0.15) is 5.69 Å². The first-order chi connectivity index (χ1) is 8.09. The fourth-order valence-electron chi connectivity index (χ4n) is 1.40. The van der Waals surface area contributed by atoms with E-state index in [0.717, 1.165) is 0 Å². The zero-order chi connectivity index (χ0) is 12.4. The quantitative estimate of drug-likeness (QED) is 0.765. The molecule has 0 aliphatic carbocycles. The van der Waals surface area contributed by atoms with Gasteiger partial charge in [0.15, 0.2) is 6.23 Å². The summed E-state index contributed by atoms with van der Waals surface area (Å²) in [6, 6.07) is 1.72. The number of ether oxygens (including phenoxy) is 1. The zero-order valence-electron chi connectivity index (χ0n) is 9.18. The minimum Gasteiger partial charge on any atom is -0.450 e. The van der Waals surface area contributed by atoms with Gasteiger partial charge >= 0.3 is 6.16 Å². The second-order valence-corrected chi connectivity index (χ2v) is 3.27. The first-order valence-electron chi connectivity index (χ1n) is 4.75. The molecule has 0 radical (unpaired) electrons. The molecule has 9 heteroatoms. The van der Waals surface area contributed by atoms with Crippen molar-refractivity contribution >= 4 is 6.16 Å². The predicted molar refractivity (Wildman–Crippen MR) is 53.8 cm³/mol. The summed E-state index contributed by atoms with van der Waals surface area (Å²) >= 11 is 0. The highest BCUT2D eigenvalue weighted by atomic mass is 16.7. The third-order valence-corrected chi connectivity index (χ3v) is 2.16. The maximum Gasteiger partial charge on any atom is 0.507 e. The van der Waals surface area contributed by atoms with Crippen molar-refractivity contribution in [2.45, 2.75) is 13.2 Å². The van der Waals surface area contributed by atoms with Crippen molar-refractivity contribution in [3.05, 3.63) is 12.3 Å². The van der Waals surface area contributed by atoms with Crippen LogP contribution in [0.5, 0.6) is 0 Å². The van der Waals surface area contributed by atoms with Crippen LogP contribution in [-0.2, 0) is 11.8 Å². The Balaban J connectivity index is 2.35. The lowest BCUT2D eigenvalue weighted by Crippen LogP contribution is -2.16. The maximum absolute atomic E-state index is 10.4. The number of aromatic nitrogens is 6. The Morgan fingerprint density at radius 2 is 2.35 bits per heavy atom. The lowest BCUT2D eigenvalue weighted by atomic mass is 10.4. The van der Waals surface area contributed by atoms with Gasteiger partial charge in [0, 0.05) is 13.2 Å². The van der Waals surface area contributed by atoms with E-state index >= 15 is 0 Å². The summed E-state index contributed by atoms with van der Waals surface area (Å²) in [6.45, 7) is 1.53. The van der Waals surface area contributed by atoms with Crippen molar-refractivity contribution in [3.8, 4) is 11.5 Å². The molecule has 0 aliphatic rings. The van der Waals surface area contributed by atoms with Crippen LogP contribution in [0.15, 0.2) is 12.3 Å². The summed E-state index contributed by atoms with van der Waals surface area (Å²) in [5.74, 6) is 0.388. The topological polar surface area (TPSA) is 108 Å². The molecule has 2 aromatic rings. The lowest BCUT2D eigenvalue weighted by Gasteiger charge is -2.11. The lowest BCUT2D eigenvalue weighted by molar-refractivity contribution is 0.0219. The third-order valence-electron chi connectivity index (χ3n) is 2.16. The summed E-state index contributed by atoms with van der Waals surface area (Å²) in [5, 5.41) is 23.5. The zero-order valence-corrected chi connectivity index (χ0v) is 9.18. The Morgan fingerprint density at radius 1 is 1.59 bits per heavy atom. The molecular formula is C8H10N6O3. The molecule has 0 amide bonds. The summed E-state index contributed by atoms with van der Waals surface area (Å²) in [4.78, 5) is 10.4. The summed E-state index contributed by atoms with van der Waals surface area (Å²) in [5.41, 5.74) is 0.663. The summed E-state index contributed by atoms with van der Waals surface area (Å²) < 4.78 is 7.43. The summed E-state index contributed by atoms with van der Waals surface area (Å²) in [7, 11) is 1.73. The fourth-order valence-corrected chi connectivity index (χ4v) is 1.40. The monoisotopic (exact) mass is 238 g/mol. The van der Waals surface area contributed by atoms with Crippen LogP contribution in [0.1, 0.15) is 13.2 Å². The number of aryl methyl sites for hydroxylation is 1. The van der Waals surface area contributed by atoms with E-state index in [0.29, 0.717) is 11.5 Å². The van der Waals surface area contributed by atoms with E-state index in [2.05, 4.69) is 25.4 Å². The van der Waals surface area contributed by atoms with Crippen LogP contribution in [0, 0.1) is 0 Å². The van der Waals surface area contributed by atoms with Crippen LogP contribution in [0.25, 0.3) is 11.5 Å². The average Bonchev–Trinajstić information content (AvgIpc) is 2.83. The van der Waals surface area contributed by atoms with Gasteiger partial charge in [0.25, 0.3) is 0 Å². The maximum atomic E-state index is 10.4. The number of hydrogen-bond acceptors (Lipinski definition) is 6. The van der Waals surface area contributed by atoms with Crippen LogP contribution in [0.4, 0.5) is 4.79 Å². The van der Waals surface area contributed by atoms with Crippen molar-refractivity contribution in [1.29, 1.82) is 0 Å². The number of hydrogen-bond donors (Lipinski definition) is 1. The van der Waals surface area contributed by atoms with Gasteiger partial charge in [0.05, 0.1) is 0 Å². The molecule has 1 unspecified atom stereocenters.